The number of hydrogen-bond donors (Lipinski definition) is 0. The molecule has 4 rings (SSSR count). The average molecular weight is 320 g/mol. The van der Waals surface area contributed by atoms with Crippen LogP contribution in [0.1, 0.15) is 5.82 Å². The van der Waals surface area contributed by atoms with Crippen molar-refractivity contribution in [2.45, 2.75) is 6.18 Å². The van der Waals surface area contributed by atoms with Gasteiger partial charge in [0, 0.05) is 5.56 Å². The minimum absolute atomic E-state index is 0.121. The van der Waals surface area contributed by atoms with Gasteiger partial charge in [0.1, 0.15) is 5.01 Å². The van der Waals surface area contributed by atoms with E-state index in [1.165, 1.54) is 0 Å². The molecular formula is C14H7F3N4S. The molecule has 2 aromatic heterocycles. The second-order valence-corrected chi connectivity index (χ2v) is 5.64. The number of alkyl halides is 3. The minimum Gasteiger partial charge on any atom is -0.178 e. The van der Waals surface area contributed by atoms with E-state index in [0.717, 1.165) is 32.2 Å². The van der Waals surface area contributed by atoms with Gasteiger partial charge in [0.15, 0.2) is 0 Å². The van der Waals surface area contributed by atoms with E-state index in [-0.39, 0.29) is 4.96 Å². The summed E-state index contributed by atoms with van der Waals surface area (Å²) in [6.45, 7) is 0. The molecule has 0 saturated carbocycles. The van der Waals surface area contributed by atoms with Crippen molar-refractivity contribution in [3.05, 3.63) is 48.3 Å². The third-order valence-corrected chi connectivity index (χ3v) is 4.19. The Balaban J connectivity index is 1.87. The summed E-state index contributed by atoms with van der Waals surface area (Å²) in [4.78, 5) is 0.121. The second-order valence-electron chi connectivity index (χ2n) is 4.68. The molecule has 110 valence electrons. The van der Waals surface area contributed by atoms with Gasteiger partial charge in [0.2, 0.25) is 4.96 Å². The lowest BCUT2D eigenvalue weighted by Crippen LogP contribution is -2.11. The Morgan fingerprint density at radius 1 is 0.955 bits per heavy atom. The van der Waals surface area contributed by atoms with Crippen LogP contribution in [-0.4, -0.2) is 19.8 Å². The molecule has 0 amide bonds. The van der Waals surface area contributed by atoms with Gasteiger partial charge >= 0.3 is 6.18 Å². The highest BCUT2D eigenvalue weighted by atomic mass is 32.1. The van der Waals surface area contributed by atoms with E-state index in [0.29, 0.717) is 5.01 Å². The van der Waals surface area contributed by atoms with Gasteiger partial charge in [0.05, 0.1) is 0 Å². The van der Waals surface area contributed by atoms with Crippen LogP contribution in [0.25, 0.3) is 26.3 Å². The van der Waals surface area contributed by atoms with Gasteiger partial charge in [-0.15, -0.1) is 10.2 Å². The largest absolute Gasteiger partial charge is 0.453 e. The topological polar surface area (TPSA) is 43.1 Å². The van der Waals surface area contributed by atoms with Gasteiger partial charge in [-0.05, 0) is 16.8 Å². The number of nitrogens with zero attached hydrogens (tertiary/aromatic N) is 4. The number of fused-ring (bicyclic) bond motifs is 2. The Morgan fingerprint density at radius 2 is 1.73 bits per heavy atom. The normalized spacial score (nSPS) is 12.3. The van der Waals surface area contributed by atoms with Crippen molar-refractivity contribution in [3.63, 3.8) is 0 Å². The van der Waals surface area contributed by atoms with Crippen LogP contribution in [0.2, 0.25) is 0 Å². The van der Waals surface area contributed by atoms with Crippen LogP contribution in [0.4, 0.5) is 13.2 Å². The molecule has 0 fully saturated rings. The first-order chi connectivity index (χ1) is 10.5. The van der Waals surface area contributed by atoms with Crippen molar-refractivity contribution in [2.75, 3.05) is 0 Å². The van der Waals surface area contributed by atoms with Gasteiger partial charge in [-0.3, -0.25) is 0 Å². The summed E-state index contributed by atoms with van der Waals surface area (Å²) in [5.74, 6) is -1.11. The molecule has 0 spiro atoms. The smallest absolute Gasteiger partial charge is 0.178 e. The minimum atomic E-state index is -4.58. The van der Waals surface area contributed by atoms with Crippen LogP contribution in [0.15, 0.2) is 42.5 Å². The summed E-state index contributed by atoms with van der Waals surface area (Å²) < 4.78 is 39.2. The second kappa shape index (κ2) is 4.51. The average Bonchev–Trinajstić information content (AvgIpc) is 3.05. The molecule has 2 heterocycles. The number of aromatic nitrogens is 4. The Kier molecular flexibility index (Phi) is 2.70. The summed E-state index contributed by atoms with van der Waals surface area (Å²) in [7, 11) is 0. The number of benzene rings is 2. The Labute approximate surface area is 125 Å². The van der Waals surface area contributed by atoms with Crippen molar-refractivity contribution in [1.29, 1.82) is 0 Å². The highest BCUT2D eigenvalue weighted by molar-refractivity contribution is 7.19. The summed E-state index contributed by atoms with van der Waals surface area (Å²) in [5.41, 5.74) is 0.752. The zero-order chi connectivity index (χ0) is 15.3. The lowest BCUT2D eigenvalue weighted by molar-refractivity contribution is -0.146. The van der Waals surface area contributed by atoms with Crippen LogP contribution in [0, 0.1) is 0 Å². The third kappa shape index (κ3) is 2.03. The fourth-order valence-corrected chi connectivity index (χ4v) is 3.07. The first kappa shape index (κ1) is 13.2. The molecule has 2 aromatic carbocycles. The molecule has 8 heteroatoms. The van der Waals surface area contributed by atoms with Crippen LogP contribution in [-0.2, 0) is 6.18 Å². The molecule has 22 heavy (non-hydrogen) atoms. The molecule has 0 radical (unpaired) electrons. The van der Waals surface area contributed by atoms with Crippen LogP contribution in [0.5, 0.6) is 0 Å². The monoisotopic (exact) mass is 320 g/mol. The summed E-state index contributed by atoms with van der Waals surface area (Å²) >= 11 is 1.07. The predicted molar refractivity (Wildman–Crippen MR) is 76.6 cm³/mol. The van der Waals surface area contributed by atoms with Gasteiger partial charge in [-0.2, -0.15) is 22.8 Å². The van der Waals surface area contributed by atoms with Crippen molar-refractivity contribution in [3.8, 4) is 10.6 Å². The molecule has 0 saturated heterocycles. The Hall–Kier alpha value is -2.48. The lowest BCUT2D eigenvalue weighted by atomic mass is 10.1. The van der Waals surface area contributed by atoms with Crippen molar-refractivity contribution in [1.82, 2.24) is 19.8 Å². The first-order valence-electron chi connectivity index (χ1n) is 6.31. The van der Waals surface area contributed by atoms with Crippen molar-refractivity contribution < 1.29 is 13.2 Å². The van der Waals surface area contributed by atoms with Gasteiger partial charge in [0.25, 0.3) is 5.82 Å². The van der Waals surface area contributed by atoms with Crippen LogP contribution >= 0.6 is 11.3 Å². The third-order valence-electron chi connectivity index (χ3n) is 3.24. The molecule has 4 aromatic rings. The van der Waals surface area contributed by atoms with Crippen LogP contribution in [0.3, 0.4) is 0 Å². The van der Waals surface area contributed by atoms with Gasteiger partial charge in [-0.25, -0.2) is 0 Å². The number of halogens is 3. The Bertz CT molecular complexity index is 987. The standard InChI is InChI=1S/C14H7F3N4S/c15-14(16,17)12-18-19-13-21(12)20-11(22-13)10-6-5-8-3-1-2-4-9(8)7-10/h1-7H. The fraction of sp³-hybridized carbons (Fsp3) is 0.0714. The lowest BCUT2D eigenvalue weighted by Gasteiger charge is -2.01. The zero-order valence-electron chi connectivity index (χ0n) is 10.9. The molecule has 0 bridgehead atoms. The van der Waals surface area contributed by atoms with Crippen LogP contribution < -0.4 is 0 Å². The number of rotatable bonds is 1. The zero-order valence-corrected chi connectivity index (χ0v) is 11.7. The first-order valence-corrected chi connectivity index (χ1v) is 7.13. The highest BCUT2D eigenvalue weighted by Crippen LogP contribution is 2.32. The van der Waals surface area contributed by atoms with Crippen molar-refractivity contribution >= 4 is 27.1 Å². The molecule has 0 aliphatic rings. The van der Waals surface area contributed by atoms with Gasteiger partial charge < -0.3 is 0 Å². The van der Waals surface area contributed by atoms with E-state index >= 15 is 0 Å². The van der Waals surface area contributed by atoms with E-state index in [1.807, 2.05) is 42.5 Å². The van der Waals surface area contributed by atoms with Crippen molar-refractivity contribution in [2.24, 2.45) is 0 Å². The predicted octanol–water partition coefficient (Wildman–Crippen LogP) is 4.02. The van der Waals surface area contributed by atoms with E-state index in [2.05, 4.69) is 15.3 Å². The summed E-state index contributed by atoms with van der Waals surface area (Å²) in [6.07, 6.45) is -4.58. The maximum atomic E-state index is 12.8. The van der Waals surface area contributed by atoms with E-state index in [9.17, 15) is 13.2 Å². The molecule has 0 aliphatic carbocycles. The number of hydrogen-bond acceptors (Lipinski definition) is 4. The fourth-order valence-electron chi connectivity index (χ4n) is 2.23. The quantitative estimate of drug-likeness (QED) is 0.532. The molecule has 0 unspecified atom stereocenters. The van der Waals surface area contributed by atoms with E-state index in [1.54, 1.807) is 0 Å². The SMILES string of the molecule is FC(F)(F)c1nnc2sc(-c3ccc4ccccc4c3)nn12. The van der Waals surface area contributed by atoms with Gasteiger partial charge in [-0.1, -0.05) is 47.7 Å². The molecule has 0 aliphatic heterocycles. The molecule has 0 N–H and O–H groups in total. The summed E-state index contributed by atoms with van der Waals surface area (Å²) in [5, 5.41) is 13.2. The maximum Gasteiger partial charge on any atom is 0.453 e. The Morgan fingerprint density at radius 3 is 2.50 bits per heavy atom. The van der Waals surface area contributed by atoms with E-state index < -0.39 is 12.0 Å². The van der Waals surface area contributed by atoms with E-state index in [4.69, 9.17) is 0 Å². The molecular weight excluding hydrogens is 313 g/mol. The maximum absolute atomic E-state index is 12.8. The molecule has 4 nitrogen and oxygen atoms in total. The molecule has 0 atom stereocenters. The summed E-state index contributed by atoms with van der Waals surface area (Å²) in [6, 6.07) is 13.4. The highest BCUT2D eigenvalue weighted by Gasteiger charge is 2.38.